The number of thioether (sulfide) groups is 1. The van der Waals surface area contributed by atoms with Crippen molar-refractivity contribution < 1.29 is 9.59 Å². The second kappa shape index (κ2) is 7.83. The average Bonchev–Trinajstić information content (AvgIpc) is 3.32. The first-order valence-electron chi connectivity index (χ1n) is 8.61. The standard InChI is InChI=1S/C16H25N5O2S/c17-7-14-10-24-11-20(14)16(23)9-21(18)13-3-5-19(6-4-13)8-15(22)12-1-2-12/h12-14H,1-6,8-11,18H2. The summed E-state index contributed by atoms with van der Waals surface area (Å²) in [4.78, 5) is 28.1. The first-order valence-corrected chi connectivity index (χ1v) is 9.77. The summed E-state index contributed by atoms with van der Waals surface area (Å²) >= 11 is 1.60. The van der Waals surface area contributed by atoms with Crippen LogP contribution in [-0.4, -0.2) is 76.4 Å². The van der Waals surface area contributed by atoms with Crippen LogP contribution in [0.15, 0.2) is 0 Å². The fourth-order valence-electron chi connectivity index (χ4n) is 3.34. The molecule has 24 heavy (non-hydrogen) atoms. The molecule has 2 aliphatic heterocycles. The van der Waals surface area contributed by atoms with Crippen LogP contribution in [-0.2, 0) is 9.59 Å². The van der Waals surface area contributed by atoms with Gasteiger partial charge in [0.25, 0.3) is 0 Å². The molecular formula is C16H25N5O2S. The van der Waals surface area contributed by atoms with Gasteiger partial charge < -0.3 is 4.90 Å². The molecular weight excluding hydrogens is 326 g/mol. The van der Waals surface area contributed by atoms with E-state index in [0.29, 0.717) is 29.9 Å². The molecule has 3 aliphatic rings. The highest BCUT2D eigenvalue weighted by Gasteiger charge is 2.33. The van der Waals surface area contributed by atoms with Crippen LogP contribution in [0.25, 0.3) is 0 Å². The van der Waals surface area contributed by atoms with E-state index in [1.165, 1.54) is 0 Å². The molecule has 0 radical (unpaired) electrons. The minimum absolute atomic E-state index is 0.0691. The lowest BCUT2D eigenvalue weighted by Crippen LogP contribution is -2.53. The van der Waals surface area contributed by atoms with Gasteiger partial charge in [0, 0.05) is 30.8 Å². The lowest BCUT2D eigenvalue weighted by Gasteiger charge is -2.36. The summed E-state index contributed by atoms with van der Waals surface area (Å²) in [5.41, 5.74) is 0. The number of ketones is 1. The van der Waals surface area contributed by atoms with E-state index in [9.17, 15) is 9.59 Å². The molecule has 0 aromatic heterocycles. The van der Waals surface area contributed by atoms with Gasteiger partial charge in [0.1, 0.15) is 11.8 Å². The number of carbonyl (C=O) groups excluding carboxylic acids is 2. The number of hydrazine groups is 1. The summed E-state index contributed by atoms with van der Waals surface area (Å²) in [7, 11) is 0. The van der Waals surface area contributed by atoms with Crippen LogP contribution in [0.4, 0.5) is 0 Å². The maximum Gasteiger partial charge on any atom is 0.239 e. The molecule has 2 saturated heterocycles. The molecule has 1 saturated carbocycles. The number of hydrogen-bond donors (Lipinski definition) is 1. The molecule has 7 nitrogen and oxygen atoms in total. The molecule has 1 atom stereocenters. The first kappa shape index (κ1) is 17.7. The molecule has 3 fully saturated rings. The van der Waals surface area contributed by atoms with Crippen LogP contribution in [0.5, 0.6) is 0 Å². The minimum Gasteiger partial charge on any atom is -0.315 e. The molecule has 2 heterocycles. The normalized spacial score (nSPS) is 25.9. The fourth-order valence-corrected chi connectivity index (χ4v) is 4.44. The highest BCUT2D eigenvalue weighted by Crippen LogP contribution is 2.30. The molecule has 3 rings (SSSR count). The second-order valence-corrected chi connectivity index (χ2v) is 7.93. The Balaban J connectivity index is 1.41. The predicted octanol–water partition coefficient (Wildman–Crippen LogP) is 0.0307. The van der Waals surface area contributed by atoms with Crippen molar-refractivity contribution in [2.75, 3.05) is 37.8 Å². The summed E-state index contributed by atoms with van der Waals surface area (Å²) in [6, 6.07) is 2.01. The van der Waals surface area contributed by atoms with Crippen molar-refractivity contribution in [3.05, 3.63) is 0 Å². The molecule has 2 N–H and O–H groups in total. The lowest BCUT2D eigenvalue weighted by atomic mass is 10.0. The van der Waals surface area contributed by atoms with E-state index in [0.717, 1.165) is 38.8 Å². The van der Waals surface area contributed by atoms with E-state index >= 15 is 0 Å². The largest absolute Gasteiger partial charge is 0.315 e. The third-order valence-electron chi connectivity index (χ3n) is 5.11. The number of rotatable bonds is 6. The summed E-state index contributed by atoms with van der Waals surface area (Å²) < 4.78 is 0. The summed E-state index contributed by atoms with van der Waals surface area (Å²) in [6.07, 6.45) is 3.87. The van der Waals surface area contributed by atoms with Gasteiger partial charge in [-0.1, -0.05) is 0 Å². The lowest BCUT2D eigenvalue weighted by molar-refractivity contribution is -0.132. The smallest absolute Gasteiger partial charge is 0.239 e. The quantitative estimate of drug-likeness (QED) is 0.533. The van der Waals surface area contributed by atoms with Crippen molar-refractivity contribution in [2.24, 2.45) is 11.8 Å². The number of likely N-dealkylation sites (tertiary alicyclic amines) is 1. The van der Waals surface area contributed by atoms with E-state index in [2.05, 4.69) is 11.0 Å². The predicted molar refractivity (Wildman–Crippen MR) is 91.7 cm³/mol. The Kier molecular flexibility index (Phi) is 5.76. The van der Waals surface area contributed by atoms with Crippen LogP contribution < -0.4 is 5.84 Å². The fraction of sp³-hybridized carbons (Fsp3) is 0.812. The number of nitrogens with zero attached hydrogens (tertiary/aromatic N) is 4. The Hall–Kier alpha value is -1.14. The maximum absolute atomic E-state index is 12.3. The van der Waals surface area contributed by atoms with Crippen LogP contribution in [0.2, 0.25) is 0 Å². The van der Waals surface area contributed by atoms with Crippen LogP contribution in [0.1, 0.15) is 25.7 Å². The van der Waals surface area contributed by atoms with Gasteiger partial charge >= 0.3 is 0 Å². The number of carbonyl (C=O) groups is 2. The van der Waals surface area contributed by atoms with Gasteiger partial charge in [-0.25, -0.2) is 5.01 Å². The van der Waals surface area contributed by atoms with Crippen molar-refractivity contribution in [3.63, 3.8) is 0 Å². The second-order valence-electron chi connectivity index (χ2n) is 6.93. The third kappa shape index (κ3) is 4.28. The van der Waals surface area contributed by atoms with Gasteiger partial charge in [0.05, 0.1) is 25.0 Å². The molecule has 132 valence electrons. The van der Waals surface area contributed by atoms with Crippen molar-refractivity contribution in [1.82, 2.24) is 14.8 Å². The van der Waals surface area contributed by atoms with Crippen molar-refractivity contribution in [1.29, 1.82) is 5.26 Å². The molecule has 1 aliphatic carbocycles. The highest BCUT2D eigenvalue weighted by molar-refractivity contribution is 7.99. The molecule has 0 spiro atoms. The van der Waals surface area contributed by atoms with E-state index in [4.69, 9.17) is 11.1 Å². The number of hydrogen-bond acceptors (Lipinski definition) is 7. The Labute approximate surface area is 147 Å². The van der Waals surface area contributed by atoms with E-state index in [1.807, 2.05) is 0 Å². The van der Waals surface area contributed by atoms with Crippen molar-refractivity contribution in [2.45, 2.75) is 37.8 Å². The Bertz CT molecular complexity index is 525. The number of piperidine rings is 1. The van der Waals surface area contributed by atoms with Crippen LogP contribution >= 0.6 is 11.8 Å². The molecule has 0 aromatic rings. The zero-order valence-corrected chi connectivity index (χ0v) is 14.7. The van der Waals surface area contributed by atoms with E-state index < -0.39 is 0 Å². The third-order valence-corrected chi connectivity index (χ3v) is 6.12. The van der Waals surface area contributed by atoms with Crippen molar-refractivity contribution in [3.8, 4) is 6.07 Å². The zero-order chi connectivity index (χ0) is 17.1. The average molecular weight is 351 g/mol. The topological polar surface area (TPSA) is 93.7 Å². The molecule has 1 unspecified atom stereocenters. The minimum atomic E-state index is -0.328. The van der Waals surface area contributed by atoms with E-state index in [1.54, 1.807) is 21.7 Å². The molecule has 0 aromatic carbocycles. The zero-order valence-electron chi connectivity index (χ0n) is 13.9. The Morgan fingerprint density at radius 1 is 1.25 bits per heavy atom. The van der Waals surface area contributed by atoms with Gasteiger partial charge in [-0.3, -0.25) is 20.3 Å². The van der Waals surface area contributed by atoms with Gasteiger partial charge in [-0.2, -0.15) is 5.26 Å². The monoisotopic (exact) mass is 351 g/mol. The maximum atomic E-state index is 12.3. The Morgan fingerprint density at radius 3 is 2.58 bits per heavy atom. The number of nitriles is 1. The molecule has 8 heteroatoms. The highest BCUT2D eigenvalue weighted by atomic mass is 32.2. The van der Waals surface area contributed by atoms with E-state index in [-0.39, 0.29) is 24.5 Å². The number of nitrogens with two attached hydrogens (primary N) is 1. The van der Waals surface area contributed by atoms with Crippen molar-refractivity contribution >= 4 is 23.5 Å². The number of Topliss-reactive ketones (excluding diaryl/α,β-unsaturated/α-hetero) is 1. The van der Waals surface area contributed by atoms with Gasteiger partial charge in [-0.05, 0) is 25.7 Å². The number of amides is 1. The van der Waals surface area contributed by atoms with Gasteiger partial charge in [0.15, 0.2) is 0 Å². The van der Waals surface area contributed by atoms with Crippen LogP contribution in [0, 0.1) is 17.2 Å². The SMILES string of the molecule is N#CC1CSCN1C(=O)CN(N)C1CCN(CC(=O)C2CC2)CC1. The first-order chi connectivity index (χ1) is 11.6. The summed E-state index contributed by atoms with van der Waals surface area (Å²) in [5.74, 6) is 8.00. The van der Waals surface area contributed by atoms with Gasteiger partial charge in [0.2, 0.25) is 5.91 Å². The molecule has 1 amide bonds. The summed E-state index contributed by atoms with van der Waals surface area (Å²) in [5, 5.41) is 10.7. The Morgan fingerprint density at radius 2 is 1.96 bits per heavy atom. The van der Waals surface area contributed by atoms with Gasteiger partial charge in [-0.15, -0.1) is 11.8 Å². The summed E-state index contributed by atoms with van der Waals surface area (Å²) in [6.45, 7) is 2.43. The van der Waals surface area contributed by atoms with Crippen LogP contribution in [0.3, 0.4) is 0 Å². The molecule has 0 bridgehead atoms.